The van der Waals surface area contributed by atoms with Crippen molar-refractivity contribution < 1.29 is 22.6 Å². The number of nitrogens with zero attached hydrogens (tertiary/aromatic N) is 4. The quantitative estimate of drug-likeness (QED) is 0.220. The van der Waals surface area contributed by atoms with Crippen molar-refractivity contribution in [3.05, 3.63) is 41.5 Å². The molecule has 8 nitrogen and oxygen atoms in total. The van der Waals surface area contributed by atoms with E-state index in [0.717, 1.165) is 12.2 Å². The predicted octanol–water partition coefficient (Wildman–Crippen LogP) is 2.91. The highest BCUT2D eigenvalue weighted by Gasteiger charge is 2.31. The van der Waals surface area contributed by atoms with Crippen molar-refractivity contribution in [1.29, 1.82) is 0 Å². The van der Waals surface area contributed by atoms with Gasteiger partial charge >= 0.3 is 6.36 Å². The Morgan fingerprint density at radius 2 is 1.93 bits per heavy atom. The molecule has 0 fully saturated rings. The number of alkyl halides is 3. The number of hydrogen-bond acceptors (Lipinski definition) is 5. The van der Waals surface area contributed by atoms with E-state index in [9.17, 15) is 13.2 Å². The summed E-state index contributed by atoms with van der Waals surface area (Å²) in [7, 11) is 3.46. The number of aryl methyl sites for hydroxylation is 1. The standard InChI is InChI=1S/C18H25F3N6O2.HI/c1-13-25-26-16(27(13)2)12-24-17(22-9-6-10-28-3)23-11-14-7-4-5-8-15(14)29-18(19,20)21;/h4-5,7-8H,6,9-12H2,1-3H3,(H2,22,23,24);1H. The summed E-state index contributed by atoms with van der Waals surface area (Å²) in [6.07, 6.45) is -4.02. The fourth-order valence-electron chi connectivity index (χ4n) is 2.39. The number of halogens is 4. The molecule has 1 aromatic carbocycles. The molecule has 12 heteroatoms. The van der Waals surface area contributed by atoms with Gasteiger partial charge in [-0.05, 0) is 19.4 Å². The van der Waals surface area contributed by atoms with Crippen LogP contribution in [-0.4, -0.2) is 47.3 Å². The van der Waals surface area contributed by atoms with E-state index < -0.39 is 6.36 Å². The summed E-state index contributed by atoms with van der Waals surface area (Å²) in [6.45, 7) is 3.35. The van der Waals surface area contributed by atoms with Crippen LogP contribution in [-0.2, 0) is 24.9 Å². The second-order valence-corrected chi connectivity index (χ2v) is 6.17. The van der Waals surface area contributed by atoms with E-state index in [-0.39, 0.29) is 36.3 Å². The summed E-state index contributed by atoms with van der Waals surface area (Å²) >= 11 is 0. The molecule has 0 aliphatic rings. The lowest BCUT2D eigenvalue weighted by atomic mass is 10.2. The average molecular weight is 542 g/mol. The number of aromatic nitrogens is 3. The molecule has 0 aliphatic carbocycles. The lowest BCUT2D eigenvalue weighted by Crippen LogP contribution is -2.38. The molecule has 0 aliphatic heterocycles. The van der Waals surface area contributed by atoms with Gasteiger partial charge in [-0.25, -0.2) is 4.99 Å². The van der Waals surface area contributed by atoms with Crippen LogP contribution in [0.15, 0.2) is 29.3 Å². The van der Waals surface area contributed by atoms with Crippen LogP contribution in [0.1, 0.15) is 23.6 Å². The van der Waals surface area contributed by atoms with E-state index in [0.29, 0.717) is 37.0 Å². The van der Waals surface area contributed by atoms with Gasteiger partial charge in [-0.2, -0.15) is 0 Å². The highest BCUT2D eigenvalue weighted by atomic mass is 127. The van der Waals surface area contributed by atoms with Gasteiger partial charge in [0.05, 0.1) is 13.1 Å². The number of methoxy groups -OCH3 is 1. The van der Waals surface area contributed by atoms with Gasteiger partial charge in [0.15, 0.2) is 11.8 Å². The van der Waals surface area contributed by atoms with Gasteiger partial charge < -0.3 is 24.7 Å². The summed E-state index contributed by atoms with van der Waals surface area (Å²) in [4.78, 5) is 4.38. The number of rotatable bonds is 9. The summed E-state index contributed by atoms with van der Waals surface area (Å²) in [6, 6.07) is 5.92. The smallest absolute Gasteiger partial charge is 0.405 e. The lowest BCUT2D eigenvalue weighted by molar-refractivity contribution is -0.274. The van der Waals surface area contributed by atoms with E-state index in [4.69, 9.17) is 4.74 Å². The van der Waals surface area contributed by atoms with E-state index in [1.807, 2.05) is 18.5 Å². The number of benzene rings is 1. The fraction of sp³-hybridized carbons (Fsp3) is 0.500. The second-order valence-electron chi connectivity index (χ2n) is 6.17. The molecule has 2 N–H and O–H groups in total. The van der Waals surface area contributed by atoms with Gasteiger partial charge in [-0.3, -0.25) is 0 Å². The zero-order valence-electron chi connectivity index (χ0n) is 17.0. The summed E-state index contributed by atoms with van der Waals surface area (Å²) in [5, 5.41) is 14.3. The molecule has 0 radical (unpaired) electrons. The minimum atomic E-state index is -4.76. The maximum absolute atomic E-state index is 12.6. The molecule has 1 heterocycles. The van der Waals surface area contributed by atoms with Crippen molar-refractivity contribution in [2.75, 3.05) is 20.3 Å². The molecule has 0 unspecified atom stereocenters. The van der Waals surface area contributed by atoms with Gasteiger partial charge in [-0.1, -0.05) is 18.2 Å². The fourth-order valence-corrected chi connectivity index (χ4v) is 2.39. The first kappa shape index (κ1) is 25.9. The molecule has 0 bridgehead atoms. The normalized spacial score (nSPS) is 11.7. The van der Waals surface area contributed by atoms with Gasteiger partial charge in [0, 0.05) is 32.9 Å². The minimum Gasteiger partial charge on any atom is -0.405 e. The summed E-state index contributed by atoms with van der Waals surface area (Å²) in [5.41, 5.74) is 0.317. The summed E-state index contributed by atoms with van der Waals surface area (Å²) in [5.74, 6) is 1.64. The Kier molecular flexibility index (Phi) is 10.9. The van der Waals surface area contributed by atoms with Crippen LogP contribution in [0.25, 0.3) is 0 Å². The zero-order chi connectivity index (χ0) is 21.3. The van der Waals surface area contributed by atoms with Crippen molar-refractivity contribution in [2.24, 2.45) is 12.0 Å². The molecule has 1 aromatic heterocycles. The molecule has 0 atom stereocenters. The Morgan fingerprint density at radius 3 is 2.57 bits per heavy atom. The molecular formula is C18H26F3IN6O2. The van der Waals surface area contributed by atoms with Gasteiger partial charge in [0.2, 0.25) is 0 Å². The van der Waals surface area contributed by atoms with Crippen molar-refractivity contribution >= 4 is 29.9 Å². The van der Waals surface area contributed by atoms with Crippen LogP contribution in [0.5, 0.6) is 5.75 Å². The topological polar surface area (TPSA) is 85.6 Å². The third-order valence-electron chi connectivity index (χ3n) is 4.02. The average Bonchev–Trinajstić information content (AvgIpc) is 2.98. The Morgan fingerprint density at radius 1 is 1.20 bits per heavy atom. The van der Waals surface area contributed by atoms with Crippen LogP contribution in [0.2, 0.25) is 0 Å². The van der Waals surface area contributed by atoms with E-state index in [1.165, 1.54) is 12.1 Å². The zero-order valence-corrected chi connectivity index (χ0v) is 19.3. The third-order valence-corrected chi connectivity index (χ3v) is 4.02. The highest BCUT2D eigenvalue weighted by Crippen LogP contribution is 2.26. The number of nitrogens with one attached hydrogen (secondary N) is 2. The Labute approximate surface area is 190 Å². The van der Waals surface area contributed by atoms with Crippen LogP contribution >= 0.6 is 24.0 Å². The first-order valence-electron chi connectivity index (χ1n) is 9.00. The molecular weight excluding hydrogens is 516 g/mol. The highest BCUT2D eigenvalue weighted by molar-refractivity contribution is 14.0. The SMILES string of the molecule is COCCCNC(=NCc1ccccc1OC(F)(F)F)NCc1nnc(C)n1C.I. The van der Waals surface area contributed by atoms with Crippen molar-refractivity contribution in [1.82, 2.24) is 25.4 Å². The van der Waals surface area contributed by atoms with E-state index in [2.05, 4.69) is 30.6 Å². The van der Waals surface area contributed by atoms with Gasteiger partial charge in [-0.15, -0.1) is 47.3 Å². The van der Waals surface area contributed by atoms with Gasteiger partial charge in [0.1, 0.15) is 11.6 Å². The largest absolute Gasteiger partial charge is 0.573 e. The second kappa shape index (κ2) is 12.6. The third kappa shape index (κ3) is 8.73. The van der Waals surface area contributed by atoms with Crippen LogP contribution in [0.3, 0.4) is 0 Å². The van der Waals surface area contributed by atoms with Crippen LogP contribution < -0.4 is 15.4 Å². The maximum Gasteiger partial charge on any atom is 0.573 e. The molecule has 2 rings (SSSR count). The van der Waals surface area contributed by atoms with Crippen molar-refractivity contribution in [3.8, 4) is 5.75 Å². The van der Waals surface area contributed by atoms with Crippen molar-refractivity contribution in [2.45, 2.75) is 32.8 Å². The number of aliphatic imine (C=N–C) groups is 1. The number of guanidine groups is 1. The van der Waals surface area contributed by atoms with E-state index >= 15 is 0 Å². The molecule has 0 saturated heterocycles. The number of ether oxygens (including phenoxy) is 2. The summed E-state index contributed by atoms with van der Waals surface area (Å²) < 4.78 is 48.7. The van der Waals surface area contributed by atoms with Gasteiger partial charge in [0.25, 0.3) is 0 Å². The Balaban J connectivity index is 0.00000450. The van der Waals surface area contributed by atoms with E-state index in [1.54, 1.807) is 19.2 Å². The molecule has 0 saturated carbocycles. The first-order valence-corrected chi connectivity index (χ1v) is 9.00. The monoisotopic (exact) mass is 542 g/mol. The molecule has 30 heavy (non-hydrogen) atoms. The number of para-hydroxylation sites is 1. The number of hydrogen-bond donors (Lipinski definition) is 2. The molecule has 2 aromatic rings. The Bertz CT molecular complexity index is 813. The van der Waals surface area contributed by atoms with Crippen LogP contribution in [0.4, 0.5) is 13.2 Å². The first-order chi connectivity index (χ1) is 13.8. The minimum absolute atomic E-state index is 0. The van der Waals surface area contributed by atoms with Crippen molar-refractivity contribution in [3.63, 3.8) is 0 Å². The lowest BCUT2D eigenvalue weighted by Gasteiger charge is -2.14. The Hall–Kier alpha value is -2.09. The maximum atomic E-state index is 12.6. The predicted molar refractivity (Wildman–Crippen MR) is 117 cm³/mol. The molecule has 168 valence electrons. The van der Waals surface area contributed by atoms with Crippen LogP contribution in [0, 0.1) is 6.92 Å². The molecule has 0 amide bonds. The molecule has 0 spiro atoms.